The average Bonchev–Trinajstić information content (AvgIpc) is 2.92. The summed E-state index contributed by atoms with van der Waals surface area (Å²) in [5, 5.41) is 7.53. The lowest BCUT2D eigenvalue weighted by atomic mass is 9.99. The fourth-order valence-corrected chi connectivity index (χ4v) is 2.47. The van der Waals surface area contributed by atoms with Crippen molar-refractivity contribution in [3.63, 3.8) is 0 Å². The number of rotatable bonds is 5. The summed E-state index contributed by atoms with van der Waals surface area (Å²) >= 11 is 0. The van der Waals surface area contributed by atoms with Gasteiger partial charge < -0.3 is 10.2 Å². The van der Waals surface area contributed by atoms with Crippen molar-refractivity contribution in [1.29, 1.82) is 0 Å². The van der Waals surface area contributed by atoms with Crippen molar-refractivity contribution in [2.75, 3.05) is 20.6 Å². The Kier molecular flexibility index (Phi) is 8.17. The number of nitrogens with one attached hydrogen (secondary N) is 1. The zero-order valence-electron chi connectivity index (χ0n) is 15.0. The van der Waals surface area contributed by atoms with E-state index in [4.69, 9.17) is 0 Å². The lowest BCUT2D eigenvalue weighted by Crippen LogP contribution is -2.40. The van der Waals surface area contributed by atoms with Crippen LogP contribution in [0.15, 0.2) is 35.6 Å². The number of hydrogen-bond acceptors (Lipinski definition) is 3. The van der Waals surface area contributed by atoms with Gasteiger partial charge in [0.2, 0.25) is 0 Å². The molecule has 1 unspecified atom stereocenters. The number of nitrogens with zero attached hydrogens (tertiary/aromatic N) is 5. The molecule has 2 rings (SSSR count). The minimum atomic E-state index is 0. The van der Waals surface area contributed by atoms with E-state index >= 15 is 0 Å². The van der Waals surface area contributed by atoms with Crippen LogP contribution in [0.4, 0.5) is 0 Å². The first-order valence-electron chi connectivity index (χ1n) is 7.82. The molecule has 24 heavy (non-hydrogen) atoms. The molecule has 0 amide bonds. The van der Waals surface area contributed by atoms with Gasteiger partial charge in [-0.3, -0.25) is 9.67 Å². The average molecular weight is 442 g/mol. The van der Waals surface area contributed by atoms with E-state index in [1.807, 2.05) is 19.0 Å². The number of aliphatic imine (C=N–C) groups is 1. The van der Waals surface area contributed by atoms with Crippen molar-refractivity contribution in [2.24, 2.45) is 12.0 Å². The third-order valence-corrected chi connectivity index (χ3v) is 3.93. The lowest BCUT2D eigenvalue weighted by molar-refractivity contribution is 0.446. The van der Waals surface area contributed by atoms with E-state index in [0.29, 0.717) is 12.5 Å². The highest BCUT2D eigenvalue weighted by molar-refractivity contribution is 14.0. The fraction of sp³-hybridized carbons (Fsp3) is 0.471. The Morgan fingerprint density at radius 2 is 2.17 bits per heavy atom. The van der Waals surface area contributed by atoms with Crippen LogP contribution in [0.25, 0.3) is 0 Å². The summed E-state index contributed by atoms with van der Waals surface area (Å²) in [6.07, 6.45) is 1.57. The molecule has 6 nitrogen and oxygen atoms in total. The summed E-state index contributed by atoms with van der Waals surface area (Å²) in [4.78, 5) is 10.7. The second kappa shape index (κ2) is 9.61. The van der Waals surface area contributed by atoms with Crippen LogP contribution in [0.2, 0.25) is 0 Å². The summed E-state index contributed by atoms with van der Waals surface area (Å²) in [6, 6.07) is 8.64. The second-order valence-electron chi connectivity index (χ2n) is 5.90. The van der Waals surface area contributed by atoms with Crippen LogP contribution < -0.4 is 5.32 Å². The van der Waals surface area contributed by atoms with Crippen molar-refractivity contribution >= 4 is 29.9 Å². The van der Waals surface area contributed by atoms with Gasteiger partial charge in [-0.25, -0.2) is 4.98 Å². The summed E-state index contributed by atoms with van der Waals surface area (Å²) < 4.78 is 1.78. The maximum absolute atomic E-state index is 4.36. The Balaban J connectivity index is 0.00000288. The molecule has 0 aliphatic carbocycles. The molecule has 2 aromatic rings. The molecule has 0 aliphatic rings. The molecule has 0 aliphatic heterocycles. The van der Waals surface area contributed by atoms with Crippen molar-refractivity contribution < 1.29 is 0 Å². The van der Waals surface area contributed by atoms with Crippen LogP contribution >= 0.6 is 24.0 Å². The SMILES string of the molecule is CN=C(NCC(C)c1cccc(C)c1)N(C)Cc1ncnn1C.I. The van der Waals surface area contributed by atoms with Gasteiger partial charge >= 0.3 is 0 Å². The minimum Gasteiger partial charge on any atom is -0.356 e. The Hall–Kier alpha value is -1.64. The maximum Gasteiger partial charge on any atom is 0.193 e. The van der Waals surface area contributed by atoms with Gasteiger partial charge in [0.05, 0.1) is 6.54 Å². The van der Waals surface area contributed by atoms with Crippen LogP contribution in [0.3, 0.4) is 0 Å². The van der Waals surface area contributed by atoms with Crippen LogP contribution in [0.1, 0.15) is 29.8 Å². The van der Waals surface area contributed by atoms with E-state index in [9.17, 15) is 0 Å². The Labute approximate surface area is 161 Å². The predicted molar refractivity (Wildman–Crippen MR) is 109 cm³/mol. The molecule has 1 aromatic heterocycles. The quantitative estimate of drug-likeness (QED) is 0.440. The highest BCUT2D eigenvalue weighted by Gasteiger charge is 2.12. The largest absolute Gasteiger partial charge is 0.356 e. The van der Waals surface area contributed by atoms with Crippen molar-refractivity contribution in [1.82, 2.24) is 25.0 Å². The number of guanidine groups is 1. The van der Waals surface area contributed by atoms with Gasteiger partial charge in [0.1, 0.15) is 12.2 Å². The third-order valence-electron chi connectivity index (χ3n) is 3.93. The fourth-order valence-electron chi connectivity index (χ4n) is 2.47. The summed E-state index contributed by atoms with van der Waals surface area (Å²) in [7, 11) is 5.69. The first kappa shape index (κ1) is 20.4. The van der Waals surface area contributed by atoms with E-state index < -0.39 is 0 Å². The minimum absolute atomic E-state index is 0. The Morgan fingerprint density at radius 1 is 1.42 bits per heavy atom. The zero-order valence-corrected chi connectivity index (χ0v) is 17.4. The number of aromatic nitrogens is 3. The molecule has 0 saturated carbocycles. The van der Waals surface area contributed by atoms with E-state index in [0.717, 1.165) is 18.3 Å². The van der Waals surface area contributed by atoms with Gasteiger partial charge in [0.15, 0.2) is 5.96 Å². The summed E-state index contributed by atoms with van der Waals surface area (Å²) in [5.41, 5.74) is 2.63. The number of hydrogen-bond donors (Lipinski definition) is 1. The van der Waals surface area contributed by atoms with Crippen molar-refractivity contribution in [2.45, 2.75) is 26.3 Å². The van der Waals surface area contributed by atoms with E-state index in [-0.39, 0.29) is 24.0 Å². The standard InChI is InChI=1S/C17H26N6.HI/c1-13-7-6-8-15(9-13)14(2)10-19-17(18-3)22(4)11-16-20-12-21-23(16)5;/h6-9,12,14H,10-11H2,1-5H3,(H,18,19);1H. The van der Waals surface area contributed by atoms with E-state index in [2.05, 4.69) is 58.5 Å². The molecular weight excluding hydrogens is 415 g/mol. The second-order valence-corrected chi connectivity index (χ2v) is 5.90. The molecule has 0 saturated heterocycles. The molecule has 1 N–H and O–H groups in total. The molecule has 0 radical (unpaired) electrons. The third kappa shape index (κ3) is 5.47. The monoisotopic (exact) mass is 442 g/mol. The van der Waals surface area contributed by atoms with Crippen LogP contribution in [0, 0.1) is 6.92 Å². The molecule has 0 spiro atoms. The normalized spacial score (nSPS) is 12.5. The van der Waals surface area contributed by atoms with Crippen LogP contribution in [-0.2, 0) is 13.6 Å². The molecule has 1 aromatic carbocycles. The topological polar surface area (TPSA) is 58.3 Å². The molecule has 132 valence electrons. The maximum atomic E-state index is 4.36. The first-order chi connectivity index (χ1) is 11.0. The highest BCUT2D eigenvalue weighted by atomic mass is 127. The van der Waals surface area contributed by atoms with Crippen molar-refractivity contribution in [3.8, 4) is 0 Å². The Morgan fingerprint density at radius 3 is 2.75 bits per heavy atom. The van der Waals surface area contributed by atoms with Gasteiger partial charge in [0, 0.05) is 27.7 Å². The molecular formula is C17H27IN6. The van der Waals surface area contributed by atoms with Crippen LogP contribution in [-0.4, -0.2) is 46.3 Å². The summed E-state index contributed by atoms with van der Waals surface area (Å²) in [6.45, 7) is 5.84. The zero-order chi connectivity index (χ0) is 16.8. The number of benzene rings is 1. The molecule has 0 bridgehead atoms. The highest BCUT2D eigenvalue weighted by Crippen LogP contribution is 2.15. The van der Waals surface area contributed by atoms with Gasteiger partial charge in [-0.15, -0.1) is 24.0 Å². The first-order valence-corrected chi connectivity index (χ1v) is 7.82. The lowest BCUT2D eigenvalue weighted by Gasteiger charge is -2.23. The van der Waals surface area contributed by atoms with Gasteiger partial charge in [-0.05, 0) is 18.4 Å². The van der Waals surface area contributed by atoms with E-state index in [1.54, 1.807) is 18.1 Å². The molecule has 0 fully saturated rings. The van der Waals surface area contributed by atoms with E-state index in [1.165, 1.54) is 11.1 Å². The number of halogens is 1. The molecule has 1 heterocycles. The Bertz CT molecular complexity index is 667. The van der Waals surface area contributed by atoms with Gasteiger partial charge in [-0.2, -0.15) is 5.10 Å². The van der Waals surface area contributed by atoms with Gasteiger partial charge in [0.25, 0.3) is 0 Å². The number of aryl methyl sites for hydroxylation is 2. The van der Waals surface area contributed by atoms with Gasteiger partial charge in [-0.1, -0.05) is 36.8 Å². The van der Waals surface area contributed by atoms with Crippen molar-refractivity contribution in [3.05, 3.63) is 47.5 Å². The predicted octanol–water partition coefficient (Wildman–Crippen LogP) is 2.55. The molecule has 1 atom stereocenters. The molecule has 7 heteroatoms. The van der Waals surface area contributed by atoms with Crippen LogP contribution in [0.5, 0.6) is 0 Å². The summed E-state index contributed by atoms with van der Waals surface area (Å²) in [5.74, 6) is 2.17. The smallest absolute Gasteiger partial charge is 0.193 e.